The van der Waals surface area contributed by atoms with Gasteiger partial charge < -0.3 is 14.4 Å². The van der Waals surface area contributed by atoms with Crippen molar-refractivity contribution in [2.45, 2.75) is 0 Å². The molecule has 0 atom stereocenters. The molecular weight excluding hydrogens is 338 g/mol. The zero-order valence-electron chi connectivity index (χ0n) is 14.3. The number of pyridine rings is 1. The molecule has 2 heterocycles. The predicted octanol–water partition coefficient (Wildman–Crippen LogP) is 2.28. The molecule has 1 aliphatic rings. The van der Waals surface area contributed by atoms with Crippen LogP contribution in [0.15, 0.2) is 41.6 Å². The molecule has 1 aromatic heterocycles. The molecule has 1 aromatic carbocycles. The van der Waals surface area contributed by atoms with Gasteiger partial charge in [0.25, 0.3) is 0 Å². The van der Waals surface area contributed by atoms with Gasteiger partial charge in [-0.1, -0.05) is 0 Å². The molecule has 0 aliphatic carbocycles. The van der Waals surface area contributed by atoms with E-state index < -0.39 is 4.92 Å². The monoisotopic (exact) mass is 357 g/mol. The summed E-state index contributed by atoms with van der Waals surface area (Å²) in [5, 5.41) is 15.0. The molecule has 0 amide bonds. The first-order valence-corrected chi connectivity index (χ1v) is 8.08. The van der Waals surface area contributed by atoms with E-state index in [-0.39, 0.29) is 11.5 Å². The summed E-state index contributed by atoms with van der Waals surface area (Å²) in [6.45, 7) is 3.08. The van der Waals surface area contributed by atoms with E-state index in [9.17, 15) is 10.1 Å². The van der Waals surface area contributed by atoms with E-state index in [4.69, 9.17) is 9.47 Å². The number of hydrazone groups is 1. The fraction of sp³-hybridized carbons (Fsp3) is 0.294. The Labute approximate surface area is 150 Å². The van der Waals surface area contributed by atoms with Gasteiger partial charge in [0.05, 0.1) is 31.5 Å². The lowest BCUT2D eigenvalue weighted by molar-refractivity contribution is -0.384. The highest BCUT2D eigenvalue weighted by Crippen LogP contribution is 2.25. The number of morpholine rings is 1. The van der Waals surface area contributed by atoms with E-state index in [2.05, 4.69) is 20.4 Å². The molecule has 1 saturated heterocycles. The summed E-state index contributed by atoms with van der Waals surface area (Å²) < 4.78 is 10.8. The third kappa shape index (κ3) is 4.06. The van der Waals surface area contributed by atoms with E-state index in [1.54, 1.807) is 13.3 Å². The molecule has 1 fully saturated rings. The van der Waals surface area contributed by atoms with Crippen molar-refractivity contribution in [2.24, 2.45) is 5.10 Å². The van der Waals surface area contributed by atoms with E-state index in [1.807, 2.05) is 18.2 Å². The van der Waals surface area contributed by atoms with Gasteiger partial charge in [0.1, 0.15) is 5.75 Å². The SMILES string of the molecule is COc1cc(N2CCOCC2)ccc1/C=N\Nc1ncccc1[N+](=O)[O-]. The summed E-state index contributed by atoms with van der Waals surface area (Å²) in [6, 6.07) is 8.68. The van der Waals surface area contributed by atoms with Crippen LogP contribution in [0.5, 0.6) is 5.75 Å². The largest absolute Gasteiger partial charge is 0.496 e. The molecule has 3 rings (SSSR count). The Bertz CT molecular complexity index is 805. The van der Waals surface area contributed by atoms with Crippen LogP contribution < -0.4 is 15.1 Å². The zero-order chi connectivity index (χ0) is 18.4. The van der Waals surface area contributed by atoms with Gasteiger partial charge >= 0.3 is 5.69 Å². The van der Waals surface area contributed by atoms with Crippen molar-refractivity contribution in [3.63, 3.8) is 0 Å². The lowest BCUT2D eigenvalue weighted by atomic mass is 10.1. The topological polar surface area (TPSA) is 102 Å². The molecule has 9 heteroatoms. The summed E-state index contributed by atoms with van der Waals surface area (Å²) in [4.78, 5) is 16.6. The third-order valence-electron chi connectivity index (χ3n) is 3.95. The Morgan fingerprint density at radius 2 is 2.19 bits per heavy atom. The summed E-state index contributed by atoms with van der Waals surface area (Å²) >= 11 is 0. The van der Waals surface area contributed by atoms with Crippen molar-refractivity contribution >= 4 is 23.4 Å². The highest BCUT2D eigenvalue weighted by atomic mass is 16.6. The van der Waals surface area contributed by atoms with Crippen molar-refractivity contribution in [1.29, 1.82) is 0 Å². The minimum atomic E-state index is -0.511. The lowest BCUT2D eigenvalue weighted by Gasteiger charge is -2.29. The Hall–Kier alpha value is -3.20. The highest BCUT2D eigenvalue weighted by Gasteiger charge is 2.14. The van der Waals surface area contributed by atoms with Crippen LogP contribution in [0.1, 0.15) is 5.56 Å². The maximum absolute atomic E-state index is 11.0. The second-order valence-electron chi connectivity index (χ2n) is 5.52. The maximum atomic E-state index is 11.0. The predicted molar refractivity (Wildman–Crippen MR) is 98.1 cm³/mol. The first-order valence-electron chi connectivity index (χ1n) is 8.08. The van der Waals surface area contributed by atoms with E-state index in [1.165, 1.54) is 18.3 Å². The molecule has 2 aromatic rings. The Kier molecular flexibility index (Phi) is 5.59. The van der Waals surface area contributed by atoms with Crippen LogP contribution in [0.2, 0.25) is 0 Å². The van der Waals surface area contributed by atoms with Crippen LogP contribution in [0.25, 0.3) is 0 Å². The fourth-order valence-corrected chi connectivity index (χ4v) is 2.62. The number of nitrogens with zero attached hydrogens (tertiary/aromatic N) is 4. The molecule has 0 saturated carbocycles. The van der Waals surface area contributed by atoms with Gasteiger partial charge in [-0.05, 0) is 18.2 Å². The number of methoxy groups -OCH3 is 1. The molecule has 1 aliphatic heterocycles. The first-order chi connectivity index (χ1) is 12.7. The standard InChI is InChI=1S/C17H19N5O4/c1-25-16-11-14(21-7-9-26-10-8-21)5-4-13(16)12-19-20-17-15(22(23)24)3-2-6-18-17/h2-6,11-12H,7-10H2,1H3,(H,18,20)/b19-12-. The molecule has 0 unspecified atom stereocenters. The van der Waals surface area contributed by atoms with Gasteiger partial charge in [0.2, 0.25) is 5.82 Å². The number of hydrogen-bond donors (Lipinski definition) is 1. The third-order valence-corrected chi connectivity index (χ3v) is 3.95. The van der Waals surface area contributed by atoms with Crippen molar-refractivity contribution in [1.82, 2.24) is 4.98 Å². The maximum Gasteiger partial charge on any atom is 0.313 e. The van der Waals surface area contributed by atoms with E-state index in [0.29, 0.717) is 19.0 Å². The summed E-state index contributed by atoms with van der Waals surface area (Å²) in [6.07, 6.45) is 3.00. The normalized spacial score (nSPS) is 14.4. The highest BCUT2D eigenvalue weighted by molar-refractivity contribution is 5.85. The van der Waals surface area contributed by atoms with Gasteiger partial charge in [0, 0.05) is 42.7 Å². The molecule has 136 valence electrons. The minimum Gasteiger partial charge on any atom is -0.496 e. The van der Waals surface area contributed by atoms with Crippen LogP contribution in [-0.4, -0.2) is 49.5 Å². The van der Waals surface area contributed by atoms with Crippen molar-refractivity contribution in [2.75, 3.05) is 43.7 Å². The van der Waals surface area contributed by atoms with Gasteiger partial charge in [-0.3, -0.25) is 15.5 Å². The number of nitro groups is 1. The lowest BCUT2D eigenvalue weighted by Crippen LogP contribution is -2.36. The Morgan fingerprint density at radius 1 is 1.38 bits per heavy atom. The zero-order valence-corrected chi connectivity index (χ0v) is 14.3. The summed E-state index contributed by atoms with van der Waals surface area (Å²) in [5.74, 6) is 0.743. The fourth-order valence-electron chi connectivity index (χ4n) is 2.62. The number of aromatic nitrogens is 1. The number of ether oxygens (including phenoxy) is 2. The second-order valence-corrected chi connectivity index (χ2v) is 5.52. The summed E-state index contributed by atoms with van der Waals surface area (Å²) in [5.41, 5.74) is 4.26. The average Bonchev–Trinajstić information content (AvgIpc) is 2.69. The van der Waals surface area contributed by atoms with Gasteiger partial charge in [0.15, 0.2) is 0 Å². The Morgan fingerprint density at radius 3 is 2.92 bits per heavy atom. The smallest absolute Gasteiger partial charge is 0.313 e. The van der Waals surface area contributed by atoms with Gasteiger partial charge in [-0.25, -0.2) is 4.98 Å². The molecule has 0 radical (unpaired) electrons. The van der Waals surface area contributed by atoms with Crippen molar-refractivity contribution < 1.29 is 14.4 Å². The van der Waals surface area contributed by atoms with Crippen LogP contribution in [-0.2, 0) is 4.74 Å². The van der Waals surface area contributed by atoms with Crippen LogP contribution in [0.3, 0.4) is 0 Å². The van der Waals surface area contributed by atoms with E-state index >= 15 is 0 Å². The molecular formula is C17H19N5O4. The van der Waals surface area contributed by atoms with Crippen molar-refractivity contribution in [3.05, 3.63) is 52.2 Å². The molecule has 9 nitrogen and oxygen atoms in total. The second kappa shape index (κ2) is 8.26. The first kappa shape index (κ1) is 17.6. The number of hydrogen-bond acceptors (Lipinski definition) is 8. The molecule has 26 heavy (non-hydrogen) atoms. The molecule has 0 bridgehead atoms. The number of benzene rings is 1. The van der Waals surface area contributed by atoms with Gasteiger partial charge in [-0.15, -0.1) is 0 Å². The average molecular weight is 357 g/mol. The number of nitrogens with one attached hydrogen (secondary N) is 1. The molecule has 0 spiro atoms. The molecule has 1 N–H and O–H groups in total. The van der Waals surface area contributed by atoms with Crippen molar-refractivity contribution in [3.8, 4) is 5.75 Å². The minimum absolute atomic E-state index is 0.0812. The van der Waals surface area contributed by atoms with Crippen LogP contribution in [0.4, 0.5) is 17.2 Å². The Balaban J connectivity index is 1.75. The quantitative estimate of drug-likeness (QED) is 0.481. The number of anilines is 2. The van der Waals surface area contributed by atoms with E-state index in [0.717, 1.165) is 24.3 Å². The van der Waals surface area contributed by atoms with Crippen LogP contribution >= 0.6 is 0 Å². The van der Waals surface area contributed by atoms with Crippen LogP contribution in [0, 0.1) is 10.1 Å². The summed E-state index contributed by atoms with van der Waals surface area (Å²) in [7, 11) is 1.59. The number of rotatable bonds is 6. The van der Waals surface area contributed by atoms with Gasteiger partial charge in [-0.2, -0.15) is 5.10 Å².